The summed E-state index contributed by atoms with van der Waals surface area (Å²) >= 11 is 12.6. The first-order chi connectivity index (χ1) is 12.0. The highest BCUT2D eigenvalue weighted by molar-refractivity contribution is 6.32. The van der Waals surface area contributed by atoms with Crippen molar-refractivity contribution in [2.24, 2.45) is 0 Å². The molecule has 0 aliphatic rings. The van der Waals surface area contributed by atoms with Crippen LogP contribution in [-0.2, 0) is 13.0 Å². The normalized spacial score (nSPS) is 12.5. The van der Waals surface area contributed by atoms with E-state index in [9.17, 15) is 4.79 Å². The molecule has 1 unspecified atom stereocenters. The van der Waals surface area contributed by atoms with Gasteiger partial charge in [-0.2, -0.15) is 0 Å². The lowest BCUT2D eigenvalue weighted by Gasteiger charge is -2.16. The van der Waals surface area contributed by atoms with Crippen molar-refractivity contribution in [2.45, 2.75) is 32.9 Å². The first kappa shape index (κ1) is 18.0. The molecule has 0 bridgehead atoms. The Bertz CT molecular complexity index is 966. The number of hydrogen-bond donors (Lipinski definition) is 1. The third-order valence-corrected chi connectivity index (χ3v) is 5.04. The summed E-state index contributed by atoms with van der Waals surface area (Å²) in [4.78, 5) is 11.9. The average Bonchev–Trinajstić information content (AvgIpc) is 2.59. The van der Waals surface area contributed by atoms with Crippen LogP contribution in [0.5, 0.6) is 0 Å². The zero-order chi connectivity index (χ0) is 18.0. The van der Waals surface area contributed by atoms with Crippen LogP contribution >= 0.6 is 23.2 Å². The highest BCUT2D eigenvalue weighted by Gasteiger charge is 2.12. The van der Waals surface area contributed by atoms with E-state index >= 15 is 0 Å². The highest BCUT2D eigenvalue weighted by Crippen LogP contribution is 2.27. The van der Waals surface area contributed by atoms with Gasteiger partial charge in [-0.25, -0.2) is 4.79 Å². The fourth-order valence-corrected chi connectivity index (χ4v) is 3.50. The molecule has 0 spiro atoms. The largest absolute Gasteiger partial charge is 0.423 e. The van der Waals surface area contributed by atoms with Crippen LogP contribution in [0.25, 0.3) is 11.0 Å². The van der Waals surface area contributed by atoms with Gasteiger partial charge in [0.25, 0.3) is 0 Å². The SMILES string of the molecule is CCc1cc2oc(=O)cc(CNC(C)c3ccccc3Cl)c2cc1Cl. The van der Waals surface area contributed by atoms with Crippen LogP contribution < -0.4 is 10.9 Å². The molecule has 130 valence electrons. The van der Waals surface area contributed by atoms with Crippen LogP contribution in [0.3, 0.4) is 0 Å². The van der Waals surface area contributed by atoms with Crippen LogP contribution in [0, 0.1) is 0 Å². The van der Waals surface area contributed by atoms with Crippen molar-refractivity contribution in [3.63, 3.8) is 0 Å². The summed E-state index contributed by atoms with van der Waals surface area (Å²) in [6.45, 7) is 4.56. The molecular weight excluding hydrogens is 357 g/mol. The fourth-order valence-electron chi connectivity index (χ4n) is 2.91. The molecule has 2 aromatic carbocycles. The van der Waals surface area contributed by atoms with Crippen molar-refractivity contribution in [2.75, 3.05) is 0 Å². The first-order valence-corrected chi connectivity index (χ1v) is 8.98. The van der Waals surface area contributed by atoms with E-state index in [0.29, 0.717) is 17.2 Å². The standard InChI is InChI=1S/C20H19Cl2NO2/c1-3-13-8-19-16(10-18(13)22)14(9-20(24)25-19)11-23-12(2)15-6-4-5-7-17(15)21/h4-10,12,23H,3,11H2,1-2H3. The number of nitrogens with one attached hydrogen (secondary N) is 1. The van der Waals surface area contributed by atoms with E-state index in [1.54, 1.807) is 0 Å². The van der Waals surface area contributed by atoms with Crippen molar-refractivity contribution in [3.05, 3.63) is 79.6 Å². The molecule has 1 atom stereocenters. The number of aryl methyl sites for hydroxylation is 1. The molecule has 0 amide bonds. The predicted octanol–water partition coefficient (Wildman–Crippen LogP) is 5.51. The molecule has 1 aromatic heterocycles. The second-order valence-electron chi connectivity index (χ2n) is 6.01. The monoisotopic (exact) mass is 375 g/mol. The van der Waals surface area contributed by atoms with E-state index in [1.165, 1.54) is 6.07 Å². The maximum absolute atomic E-state index is 11.9. The van der Waals surface area contributed by atoms with E-state index in [0.717, 1.165) is 33.5 Å². The number of fused-ring (bicyclic) bond motifs is 1. The molecule has 3 nitrogen and oxygen atoms in total. The third-order valence-electron chi connectivity index (χ3n) is 4.35. The lowest BCUT2D eigenvalue weighted by molar-refractivity contribution is 0.547. The Morgan fingerprint density at radius 3 is 2.56 bits per heavy atom. The van der Waals surface area contributed by atoms with Gasteiger partial charge in [0, 0.05) is 34.1 Å². The van der Waals surface area contributed by atoms with Gasteiger partial charge in [0.15, 0.2) is 0 Å². The maximum atomic E-state index is 11.9. The second-order valence-corrected chi connectivity index (χ2v) is 6.82. The zero-order valence-electron chi connectivity index (χ0n) is 14.1. The summed E-state index contributed by atoms with van der Waals surface area (Å²) in [5.74, 6) is 0. The number of rotatable bonds is 5. The van der Waals surface area contributed by atoms with Gasteiger partial charge in [0.1, 0.15) is 5.58 Å². The Morgan fingerprint density at radius 2 is 1.84 bits per heavy atom. The zero-order valence-corrected chi connectivity index (χ0v) is 15.6. The molecule has 1 N–H and O–H groups in total. The minimum atomic E-state index is -0.362. The molecule has 5 heteroatoms. The van der Waals surface area contributed by atoms with E-state index in [4.69, 9.17) is 27.6 Å². The predicted molar refractivity (Wildman–Crippen MR) is 104 cm³/mol. The average molecular weight is 376 g/mol. The molecule has 3 aromatic rings. The first-order valence-electron chi connectivity index (χ1n) is 8.22. The lowest BCUT2D eigenvalue weighted by Crippen LogP contribution is -2.19. The topological polar surface area (TPSA) is 42.2 Å². The van der Waals surface area contributed by atoms with Gasteiger partial charge in [0.2, 0.25) is 0 Å². The summed E-state index contributed by atoms with van der Waals surface area (Å²) < 4.78 is 5.35. The van der Waals surface area contributed by atoms with Crippen molar-refractivity contribution >= 4 is 34.2 Å². The smallest absolute Gasteiger partial charge is 0.336 e. The molecule has 0 radical (unpaired) electrons. The van der Waals surface area contributed by atoms with Gasteiger partial charge in [-0.15, -0.1) is 0 Å². The van der Waals surface area contributed by atoms with Gasteiger partial charge < -0.3 is 9.73 Å². The second kappa shape index (κ2) is 7.61. The molecule has 0 saturated heterocycles. The van der Waals surface area contributed by atoms with Gasteiger partial charge in [-0.3, -0.25) is 0 Å². The number of hydrogen-bond acceptors (Lipinski definition) is 3. The Balaban J connectivity index is 1.92. The summed E-state index contributed by atoms with van der Waals surface area (Å²) in [7, 11) is 0. The molecule has 3 rings (SSSR count). The molecule has 0 fully saturated rings. The summed E-state index contributed by atoms with van der Waals surface area (Å²) in [5.41, 5.74) is 3.04. The van der Waals surface area contributed by atoms with Crippen molar-refractivity contribution in [1.29, 1.82) is 0 Å². The van der Waals surface area contributed by atoms with Crippen molar-refractivity contribution in [1.82, 2.24) is 5.32 Å². The van der Waals surface area contributed by atoms with Crippen LogP contribution in [-0.4, -0.2) is 0 Å². The summed E-state index contributed by atoms with van der Waals surface area (Å²) in [6.07, 6.45) is 0.782. The highest BCUT2D eigenvalue weighted by atomic mass is 35.5. The van der Waals surface area contributed by atoms with Crippen LogP contribution in [0.4, 0.5) is 0 Å². The van der Waals surface area contributed by atoms with Crippen LogP contribution in [0.15, 0.2) is 51.7 Å². The van der Waals surface area contributed by atoms with Crippen molar-refractivity contribution < 1.29 is 4.42 Å². The van der Waals surface area contributed by atoms with E-state index in [-0.39, 0.29) is 11.7 Å². The van der Waals surface area contributed by atoms with Gasteiger partial charge in [-0.05, 0) is 48.2 Å². The fraction of sp³-hybridized carbons (Fsp3) is 0.250. The third kappa shape index (κ3) is 3.90. The van der Waals surface area contributed by atoms with E-state index in [1.807, 2.05) is 50.2 Å². The Kier molecular flexibility index (Phi) is 5.48. The summed E-state index contributed by atoms with van der Waals surface area (Å²) in [5, 5.41) is 5.67. The molecule has 0 aliphatic heterocycles. The van der Waals surface area contributed by atoms with Crippen LogP contribution in [0.1, 0.15) is 36.6 Å². The Morgan fingerprint density at radius 1 is 1.08 bits per heavy atom. The minimum Gasteiger partial charge on any atom is -0.423 e. The number of benzene rings is 2. The number of halogens is 2. The molecule has 0 aliphatic carbocycles. The molecule has 1 heterocycles. The van der Waals surface area contributed by atoms with Gasteiger partial charge >= 0.3 is 5.63 Å². The molecule has 0 saturated carbocycles. The Labute approximate surface area is 156 Å². The maximum Gasteiger partial charge on any atom is 0.336 e. The minimum absolute atomic E-state index is 0.0429. The van der Waals surface area contributed by atoms with E-state index in [2.05, 4.69) is 5.32 Å². The molecule has 25 heavy (non-hydrogen) atoms. The molecular formula is C20H19Cl2NO2. The quantitative estimate of drug-likeness (QED) is 0.597. The van der Waals surface area contributed by atoms with Gasteiger partial charge in [0.05, 0.1) is 0 Å². The van der Waals surface area contributed by atoms with Gasteiger partial charge in [-0.1, -0.05) is 48.3 Å². The lowest BCUT2D eigenvalue weighted by atomic mass is 10.0. The van der Waals surface area contributed by atoms with Crippen LogP contribution in [0.2, 0.25) is 10.0 Å². The van der Waals surface area contributed by atoms with Crippen molar-refractivity contribution in [3.8, 4) is 0 Å². The summed E-state index contributed by atoms with van der Waals surface area (Å²) in [6, 6.07) is 13.0. The Hall–Kier alpha value is -1.81. The van der Waals surface area contributed by atoms with E-state index < -0.39 is 0 Å².